The average molecular weight is 512 g/mol. The van der Waals surface area contributed by atoms with E-state index in [0.29, 0.717) is 57.7 Å². The molecule has 0 amide bonds. The van der Waals surface area contributed by atoms with E-state index < -0.39 is 17.8 Å². The molecule has 1 heterocycles. The molecular weight excluding hydrogens is 482 g/mol. The van der Waals surface area contributed by atoms with Crippen molar-refractivity contribution in [2.75, 3.05) is 27.9 Å². The van der Waals surface area contributed by atoms with E-state index in [-0.39, 0.29) is 18.3 Å². The Balaban J connectivity index is 1.87. The summed E-state index contributed by atoms with van der Waals surface area (Å²) in [6.07, 6.45) is 0.891. The van der Waals surface area contributed by atoms with Gasteiger partial charge in [0.25, 0.3) is 0 Å². The first-order valence-electron chi connectivity index (χ1n) is 11.9. The zero-order valence-electron chi connectivity index (χ0n) is 21.1. The van der Waals surface area contributed by atoms with Gasteiger partial charge < -0.3 is 18.9 Å². The third kappa shape index (κ3) is 4.72. The molecule has 4 rings (SSSR count). The maximum Gasteiger partial charge on any atom is 0.315 e. The molecule has 0 saturated carbocycles. The normalized spacial score (nSPS) is 21.4. The van der Waals surface area contributed by atoms with Crippen LogP contribution in [0.2, 0.25) is 5.02 Å². The fraction of sp³-hybridized carbons (Fsp3) is 0.393. The molecule has 2 aromatic carbocycles. The van der Waals surface area contributed by atoms with Gasteiger partial charge in [-0.25, -0.2) is 0 Å². The monoisotopic (exact) mass is 511 g/mol. The highest BCUT2D eigenvalue weighted by atomic mass is 35.5. The van der Waals surface area contributed by atoms with Gasteiger partial charge in [-0.1, -0.05) is 23.7 Å². The molecule has 1 aliphatic carbocycles. The van der Waals surface area contributed by atoms with Crippen molar-refractivity contribution < 1.29 is 28.5 Å². The molecule has 0 spiro atoms. The molecule has 0 bridgehead atoms. The molecule has 0 N–H and O–H groups in total. The van der Waals surface area contributed by atoms with Gasteiger partial charge in [0.1, 0.15) is 5.92 Å². The molecule has 0 fully saturated rings. The van der Waals surface area contributed by atoms with Crippen LogP contribution in [0.3, 0.4) is 0 Å². The van der Waals surface area contributed by atoms with Crippen LogP contribution in [0.5, 0.6) is 17.2 Å². The minimum absolute atomic E-state index is 0.0233. The number of carbonyl (C=O) groups excluding carboxylic acids is 2. The van der Waals surface area contributed by atoms with E-state index in [1.54, 1.807) is 19.1 Å². The molecule has 36 heavy (non-hydrogen) atoms. The summed E-state index contributed by atoms with van der Waals surface area (Å²) in [5.74, 6) is -0.504. The van der Waals surface area contributed by atoms with Gasteiger partial charge in [0.05, 0.1) is 27.9 Å². The van der Waals surface area contributed by atoms with Crippen molar-refractivity contribution in [3.05, 3.63) is 63.8 Å². The predicted molar refractivity (Wildman–Crippen MR) is 138 cm³/mol. The Hall–Kier alpha value is -3.32. The first-order valence-corrected chi connectivity index (χ1v) is 12.2. The molecule has 0 radical (unpaired) electrons. The lowest BCUT2D eigenvalue weighted by atomic mass is 9.69. The quantitative estimate of drug-likeness (QED) is 0.456. The summed E-state index contributed by atoms with van der Waals surface area (Å²) in [5, 5.41) is 0.645. The lowest BCUT2D eigenvalue weighted by Crippen LogP contribution is -2.38. The van der Waals surface area contributed by atoms with E-state index in [9.17, 15) is 9.59 Å². The SMILES string of the molecule is CCOC(=O)C1C(C)=NC2=C(C(=O)C[C@H](c3ccc(Cl)cc3)C2)[C@H]1c1cc(OC)c(OC)c(OC)c1. The lowest BCUT2D eigenvalue weighted by Gasteiger charge is -2.36. The van der Waals surface area contributed by atoms with Gasteiger partial charge in [0.2, 0.25) is 5.75 Å². The highest BCUT2D eigenvalue weighted by Gasteiger charge is 2.45. The number of methoxy groups -OCH3 is 3. The number of allylic oxidation sites excluding steroid dienone is 2. The van der Waals surface area contributed by atoms with Crippen molar-refractivity contribution >= 4 is 29.1 Å². The maximum atomic E-state index is 13.7. The van der Waals surface area contributed by atoms with Crippen LogP contribution in [0.25, 0.3) is 0 Å². The first kappa shape index (κ1) is 25.8. The standard InChI is InChI=1S/C28H30ClNO6/c1-6-36-28(32)24-15(2)30-20-11-17(16-7-9-19(29)10-8-16)12-21(31)26(20)25(24)18-13-22(33-3)27(35-5)23(14-18)34-4/h7-10,13-14,17,24-25H,6,11-12H2,1-5H3/t17-,24?,25+/m1/s1. The summed E-state index contributed by atoms with van der Waals surface area (Å²) in [7, 11) is 4.59. The van der Waals surface area contributed by atoms with Gasteiger partial charge in [0.15, 0.2) is 17.3 Å². The summed E-state index contributed by atoms with van der Waals surface area (Å²) in [6, 6.07) is 11.1. The Morgan fingerprint density at radius 1 is 1.00 bits per heavy atom. The minimum atomic E-state index is -0.748. The maximum absolute atomic E-state index is 13.7. The second-order valence-electron chi connectivity index (χ2n) is 8.86. The van der Waals surface area contributed by atoms with Crippen molar-refractivity contribution in [3.8, 4) is 17.2 Å². The number of Topliss-reactive ketones (excluding diaryl/α,β-unsaturated/α-hetero) is 1. The highest BCUT2D eigenvalue weighted by Crippen LogP contribution is 2.49. The zero-order chi connectivity index (χ0) is 26.0. The van der Waals surface area contributed by atoms with Gasteiger partial charge in [-0.3, -0.25) is 14.6 Å². The van der Waals surface area contributed by atoms with Gasteiger partial charge in [-0.2, -0.15) is 0 Å². The van der Waals surface area contributed by atoms with Crippen molar-refractivity contribution in [2.45, 2.75) is 38.5 Å². The smallest absolute Gasteiger partial charge is 0.315 e. The van der Waals surface area contributed by atoms with Gasteiger partial charge in [0, 0.05) is 34.3 Å². The topological polar surface area (TPSA) is 83.4 Å². The number of ether oxygens (including phenoxy) is 4. The van der Waals surface area contributed by atoms with Crippen LogP contribution in [0.15, 0.2) is 52.7 Å². The average Bonchev–Trinajstić information content (AvgIpc) is 2.87. The first-order chi connectivity index (χ1) is 17.3. The molecule has 7 nitrogen and oxygen atoms in total. The van der Waals surface area contributed by atoms with Crippen LogP contribution in [0.4, 0.5) is 0 Å². The largest absolute Gasteiger partial charge is 0.493 e. The van der Waals surface area contributed by atoms with E-state index in [4.69, 9.17) is 35.5 Å². The van der Waals surface area contributed by atoms with Crippen molar-refractivity contribution in [3.63, 3.8) is 0 Å². The number of nitrogens with zero attached hydrogens (tertiary/aromatic N) is 1. The van der Waals surface area contributed by atoms with Crippen LogP contribution in [-0.4, -0.2) is 45.4 Å². The molecule has 1 aliphatic heterocycles. The second kappa shape index (κ2) is 10.7. The van der Waals surface area contributed by atoms with Crippen LogP contribution in [-0.2, 0) is 14.3 Å². The van der Waals surface area contributed by atoms with Crippen molar-refractivity contribution in [1.82, 2.24) is 0 Å². The number of hydrogen-bond acceptors (Lipinski definition) is 7. The number of halogens is 1. The number of ketones is 1. The molecule has 1 unspecified atom stereocenters. The summed E-state index contributed by atoms with van der Waals surface area (Å²) in [4.78, 5) is 31.7. The van der Waals surface area contributed by atoms with Crippen LogP contribution in [0, 0.1) is 5.92 Å². The third-order valence-electron chi connectivity index (χ3n) is 6.82. The van der Waals surface area contributed by atoms with E-state index in [0.717, 1.165) is 5.56 Å². The molecule has 2 aliphatic rings. The number of carbonyl (C=O) groups is 2. The van der Waals surface area contributed by atoms with Gasteiger partial charge >= 0.3 is 5.97 Å². The Labute approximate surface area is 216 Å². The van der Waals surface area contributed by atoms with Crippen LogP contribution < -0.4 is 14.2 Å². The van der Waals surface area contributed by atoms with E-state index in [1.807, 2.05) is 31.2 Å². The van der Waals surface area contributed by atoms with Gasteiger partial charge in [-0.05, 0) is 61.6 Å². The fourth-order valence-corrected chi connectivity index (χ4v) is 5.33. The number of benzene rings is 2. The van der Waals surface area contributed by atoms with E-state index in [2.05, 4.69) is 0 Å². The minimum Gasteiger partial charge on any atom is -0.493 e. The Morgan fingerprint density at radius 2 is 1.64 bits per heavy atom. The summed E-state index contributed by atoms with van der Waals surface area (Å²) in [5.41, 5.74) is 3.57. The van der Waals surface area contributed by atoms with E-state index >= 15 is 0 Å². The van der Waals surface area contributed by atoms with Crippen LogP contribution in [0.1, 0.15) is 49.7 Å². The summed E-state index contributed by atoms with van der Waals surface area (Å²) < 4.78 is 22.0. The molecular formula is C28H30ClNO6. The lowest BCUT2D eigenvalue weighted by molar-refractivity contribution is -0.146. The predicted octanol–water partition coefficient (Wildman–Crippen LogP) is 5.50. The Bertz CT molecular complexity index is 1210. The Kier molecular flexibility index (Phi) is 7.69. The Morgan fingerprint density at radius 3 is 2.19 bits per heavy atom. The highest BCUT2D eigenvalue weighted by molar-refractivity contribution is 6.30. The van der Waals surface area contributed by atoms with Crippen molar-refractivity contribution in [1.29, 1.82) is 0 Å². The van der Waals surface area contributed by atoms with E-state index in [1.165, 1.54) is 21.3 Å². The molecule has 0 aromatic heterocycles. The molecule has 3 atom stereocenters. The number of rotatable bonds is 7. The molecule has 0 saturated heterocycles. The number of hydrogen-bond donors (Lipinski definition) is 0. The number of esters is 1. The molecule has 190 valence electrons. The zero-order valence-corrected chi connectivity index (χ0v) is 21.8. The second-order valence-corrected chi connectivity index (χ2v) is 9.30. The van der Waals surface area contributed by atoms with Crippen molar-refractivity contribution in [2.24, 2.45) is 10.9 Å². The van der Waals surface area contributed by atoms with Gasteiger partial charge in [-0.15, -0.1) is 0 Å². The summed E-state index contributed by atoms with van der Waals surface area (Å²) in [6.45, 7) is 3.80. The number of aliphatic imine (C=N–C) groups is 1. The fourth-order valence-electron chi connectivity index (χ4n) is 5.21. The molecule has 8 heteroatoms. The molecule has 2 aromatic rings. The summed E-state index contributed by atoms with van der Waals surface area (Å²) >= 11 is 6.07. The third-order valence-corrected chi connectivity index (χ3v) is 7.07. The van der Waals surface area contributed by atoms with Crippen LogP contribution >= 0.6 is 11.6 Å².